The number of ether oxygens (including phenoxy) is 1. The number of anilines is 1. The summed E-state index contributed by atoms with van der Waals surface area (Å²) in [6.45, 7) is 3.41. The second-order valence-corrected chi connectivity index (χ2v) is 5.90. The van der Waals surface area contributed by atoms with E-state index in [0.717, 1.165) is 12.1 Å². The Bertz CT molecular complexity index is 844. The average molecular weight is 365 g/mol. The normalized spacial score (nSPS) is 11.2. The molecule has 138 valence electrons. The van der Waals surface area contributed by atoms with Crippen molar-refractivity contribution in [2.75, 3.05) is 12.4 Å². The third-order valence-corrected chi connectivity index (χ3v) is 3.91. The molecule has 0 radical (unpaired) electrons. The number of halogens is 3. The van der Waals surface area contributed by atoms with Crippen molar-refractivity contribution in [1.29, 1.82) is 0 Å². The number of amides is 1. The van der Waals surface area contributed by atoms with Crippen LogP contribution < -0.4 is 5.32 Å². The van der Waals surface area contributed by atoms with Crippen LogP contribution in [0.15, 0.2) is 36.4 Å². The summed E-state index contributed by atoms with van der Waals surface area (Å²) in [5, 5.41) is 2.54. The van der Waals surface area contributed by atoms with E-state index in [1.54, 1.807) is 26.0 Å². The van der Waals surface area contributed by atoms with Crippen LogP contribution in [-0.2, 0) is 17.3 Å². The Balaban J connectivity index is 2.25. The summed E-state index contributed by atoms with van der Waals surface area (Å²) >= 11 is 0. The number of methoxy groups -OCH3 is 1. The number of hydrogen-bond acceptors (Lipinski definition) is 3. The fourth-order valence-corrected chi connectivity index (χ4v) is 2.55. The Hall–Kier alpha value is -2.83. The lowest BCUT2D eigenvalue weighted by Crippen LogP contribution is -2.13. The van der Waals surface area contributed by atoms with Crippen molar-refractivity contribution in [2.45, 2.75) is 26.4 Å². The molecule has 2 aromatic rings. The van der Waals surface area contributed by atoms with E-state index in [-0.39, 0.29) is 12.2 Å². The van der Waals surface area contributed by atoms with E-state index in [1.807, 2.05) is 0 Å². The van der Waals surface area contributed by atoms with Crippen molar-refractivity contribution in [1.82, 2.24) is 0 Å². The minimum Gasteiger partial charge on any atom is -0.453 e. The van der Waals surface area contributed by atoms with Crippen LogP contribution >= 0.6 is 0 Å². The molecule has 0 heterocycles. The summed E-state index contributed by atoms with van der Waals surface area (Å²) in [5.74, 6) is -0.297. The third kappa shape index (κ3) is 4.62. The lowest BCUT2D eigenvalue weighted by Gasteiger charge is -2.13. The highest BCUT2D eigenvalue weighted by molar-refractivity contribution is 6.00. The highest BCUT2D eigenvalue weighted by Gasteiger charge is 2.30. The van der Waals surface area contributed by atoms with Crippen molar-refractivity contribution in [3.8, 4) is 0 Å². The predicted molar refractivity (Wildman–Crippen MR) is 91.4 cm³/mol. The van der Waals surface area contributed by atoms with Crippen LogP contribution in [0, 0.1) is 13.8 Å². The van der Waals surface area contributed by atoms with Gasteiger partial charge in [0.25, 0.3) is 0 Å². The summed E-state index contributed by atoms with van der Waals surface area (Å²) in [6.07, 6.45) is -5.23. The van der Waals surface area contributed by atoms with Crippen LogP contribution in [0.3, 0.4) is 0 Å². The molecule has 0 saturated heterocycles. The van der Waals surface area contributed by atoms with Gasteiger partial charge in [0.05, 0.1) is 12.7 Å². The van der Waals surface area contributed by atoms with Gasteiger partial charge in [-0.15, -0.1) is 0 Å². The molecule has 0 aromatic heterocycles. The Labute approximate surface area is 149 Å². The molecule has 0 aliphatic carbocycles. The molecule has 0 aliphatic rings. The summed E-state index contributed by atoms with van der Waals surface area (Å²) in [5.41, 5.74) is 1.67. The number of Topliss-reactive ketones (excluding diaryl/α,β-unsaturated/α-hetero) is 1. The molecule has 0 spiro atoms. The van der Waals surface area contributed by atoms with Crippen molar-refractivity contribution in [3.05, 3.63) is 64.2 Å². The zero-order valence-corrected chi connectivity index (χ0v) is 14.5. The molecule has 26 heavy (non-hydrogen) atoms. The van der Waals surface area contributed by atoms with Gasteiger partial charge in [-0.1, -0.05) is 18.2 Å². The molecule has 0 atom stereocenters. The molecule has 1 amide bonds. The largest absolute Gasteiger partial charge is 0.453 e. The number of carbonyl (C=O) groups excluding carboxylic acids is 2. The van der Waals surface area contributed by atoms with Gasteiger partial charge in [-0.3, -0.25) is 10.1 Å². The van der Waals surface area contributed by atoms with Gasteiger partial charge in [0.15, 0.2) is 5.78 Å². The molecule has 0 aliphatic heterocycles. The smallest absolute Gasteiger partial charge is 0.416 e. The number of nitrogens with one attached hydrogen (secondary N) is 1. The maximum atomic E-state index is 12.8. The maximum Gasteiger partial charge on any atom is 0.416 e. The van der Waals surface area contributed by atoms with Gasteiger partial charge in [0, 0.05) is 17.7 Å². The topological polar surface area (TPSA) is 55.4 Å². The fourth-order valence-electron chi connectivity index (χ4n) is 2.55. The highest BCUT2D eigenvalue weighted by atomic mass is 19.4. The lowest BCUT2D eigenvalue weighted by molar-refractivity contribution is -0.137. The molecular formula is C19H18F3NO3. The first-order valence-electron chi connectivity index (χ1n) is 7.77. The highest BCUT2D eigenvalue weighted by Crippen LogP contribution is 2.30. The molecular weight excluding hydrogens is 347 g/mol. The Morgan fingerprint density at radius 2 is 1.77 bits per heavy atom. The molecule has 0 bridgehead atoms. The van der Waals surface area contributed by atoms with Crippen molar-refractivity contribution in [2.24, 2.45) is 0 Å². The van der Waals surface area contributed by atoms with Gasteiger partial charge in [0.2, 0.25) is 0 Å². The molecule has 1 N–H and O–H groups in total. The number of rotatable bonds is 4. The van der Waals surface area contributed by atoms with Crippen LogP contribution in [-0.4, -0.2) is 19.0 Å². The number of benzene rings is 2. The summed E-state index contributed by atoms with van der Waals surface area (Å²) in [4.78, 5) is 23.9. The van der Waals surface area contributed by atoms with E-state index in [9.17, 15) is 22.8 Å². The minimum atomic E-state index is -4.45. The van der Waals surface area contributed by atoms with E-state index in [0.29, 0.717) is 27.9 Å². The summed E-state index contributed by atoms with van der Waals surface area (Å²) < 4.78 is 42.9. The van der Waals surface area contributed by atoms with E-state index in [1.165, 1.54) is 19.2 Å². The Morgan fingerprint density at radius 3 is 2.38 bits per heavy atom. The number of hydrogen-bond donors (Lipinski definition) is 1. The molecule has 0 unspecified atom stereocenters. The van der Waals surface area contributed by atoms with Gasteiger partial charge in [-0.25, -0.2) is 4.79 Å². The van der Waals surface area contributed by atoms with Crippen molar-refractivity contribution < 1.29 is 27.5 Å². The van der Waals surface area contributed by atoms with Crippen LogP contribution in [0.5, 0.6) is 0 Å². The molecule has 2 rings (SSSR count). The monoisotopic (exact) mass is 365 g/mol. The maximum absolute atomic E-state index is 12.8. The average Bonchev–Trinajstić information content (AvgIpc) is 2.57. The number of aryl methyl sites for hydroxylation is 2. The Morgan fingerprint density at radius 1 is 1.08 bits per heavy atom. The molecule has 2 aromatic carbocycles. The second kappa shape index (κ2) is 7.59. The predicted octanol–water partition coefficient (Wildman–Crippen LogP) is 4.93. The van der Waals surface area contributed by atoms with Crippen LogP contribution in [0.25, 0.3) is 0 Å². The van der Waals surface area contributed by atoms with E-state index < -0.39 is 17.8 Å². The lowest BCUT2D eigenvalue weighted by atomic mass is 9.96. The zero-order valence-electron chi connectivity index (χ0n) is 14.5. The zero-order chi connectivity index (χ0) is 19.5. The standard InChI is InChI=1S/C19H18F3NO3/c1-11-8-16(23-18(25)26-3)12(2)7-15(11)17(24)10-13-5-4-6-14(9-13)19(20,21)22/h4-9H,10H2,1-3H3,(H,23,25). The third-order valence-electron chi connectivity index (χ3n) is 3.91. The van der Waals surface area contributed by atoms with Gasteiger partial charge in [0.1, 0.15) is 0 Å². The molecule has 0 fully saturated rings. The quantitative estimate of drug-likeness (QED) is 0.782. The first-order chi connectivity index (χ1) is 12.1. The molecule has 7 heteroatoms. The first kappa shape index (κ1) is 19.5. The van der Waals surface area contributed by atoms with Crippen molar-refractivity contribution >= 4 is 17.6 Å². The van der Waals surface area contributed by atoms with Crippen molar-refractivity contribution in [3.63, 3.8) is 0 Å². The number of carbonyl (C=O) groups is 2. The summed E-state index contributed by atoms with van der Waals surface area (Å²) in [6, 6.07) is 7.96. The van der Waals surface area contributed by atoms with E-state index in [2.05, 4.69) is 10.1 Å². The van der Waals surface area contributed by atoms with E-state index >= 15 is 0 Å². The Kier molecular flexibility index (Phi) is 5.69. The van der Waals surface area contributed by atoms with Gasteiger partial charge < -0.3 is 4.74 Å². The van der Waals surface area contributed by atoms with E-state index in [4.69, 9.17) is 0 Å². The first-order valence-corrected chi connectivity index (χ1v) is 7.77. The fraction of sp³-hybridized carbons (Fsp3) is 0.263. The van der Waals surface area contributed by atoms with Crippen LogP contribution in [0.2, 0.25) is 0 Å². The van der Waals surface area contributed by atoms with Crippen LogP contribution in [0.4, 0.5) is 23.7 Å². The van der Waals surface area contributed by atoms with Gasteiger partial charge >= 0.3 is 12.3 Å². The SMILES string of the molecule is COC(=O)Nc1cc(C)c(C(=O)Cc2cccc(C(F)(F)F)c2)cc1C. The van der Waals surface area contributed by atoms with Gasteiger partial charge in [-0.2, -0.15) is 13.2 Å². The molecule has 0 saturated carbocycles. The number of alkyl halides is 3. The summed E-state index contributed by atoms with van der Waals surface area (Å²) in [7, 11) is 1.24. The molecule has 4 nitrogen and oxygen atoms in total. The number of ketones is 1. The van der Waals surface area contributed by atoms with Crippen LogP contribution in [0.1, 0.15) is 32.6 Å². The van der Waals surface area contributed by atoms with Gasteiger partial charge in [-0.05, 0) is 48.7 Å². The minimum absolute atomic E-state index is 0.145. The second-order valence-electron chi connectivity index (χ2n) is 5.90.